The number of alkyl carbamates (subject to hydrolysis) is 1. The molecular formula is C39H54N6O9. The van der Waals surface area contributed by atoms with E-state index in [1.54, 1.807) is 51.1 Å². The Bertz CT molecular complexity index is 1590. The van der Waals surface area contributed by atoms with Crippen molar-refractivity contribution in [3.05, 3.63) is 71.8 Å². The predicted molar refractivity (Wildman–Crippen MR) is 199 cm³/mol. The number of carbonyl (C=O) groups is 7. The van der Waals surface area contributed by atoms with Crippen LogP contribution in [-0.4, -0.2) is 96.3 Å². The van der Waals surface area contributed by atoms with Crippen molar-refractivity contribution in [3.63, 3.8) is 0 Å². The molecule has 1 saturated heterocycles. The van der Waals surface area contributed by atoms with Crippen LogP contribution in [0.1, 0.15) is 65.0 Å². The molecule has 0 aliphatic carbocycles. The van der Waals surface area contributed by atoms with Crippen molar-refractivity contribution >= 4 is 41.4 Å². The minimum absolute atomic E-state index is 0.0360. The first-order valence-corrected chi connectivity index (χ1v) is 18.3. The van der Waals surface area contributed by atoms with Gasteiger partial charge in [-0.3, -0.25) is 28.8 Å². The summed E-state index contributed by atoms with van der Waals surface area (Å²) in [6.45, 7) is 8.84. The summed E-state index contributed by atoms with van der Waals surface area (Å²) in [7, 11) is 0. The van der Waals surface area contributed by atoms with Crippen molar-refractivity contribution < 1.29 is 43.0 Å². The fourth-order valence-corrected chi connectivity index (χ4v) is 5.85. The minimum Gasteiger partial charge on any atom is -0.449 e. The van der Waals surface area contributed by atoms with E-state index < -0.39 is 78.2 Å². The highest BCUT2D eigenvalue weighted by molar-refractivity contribution is 6.38. The first-order chi connectivity index (χ1) is 25.7. The molecule has 6 N–H and O–H groups in total. The van der Waals surface area contributed by atoms with E-state index >= 15 is 0 Å². The van der Waals surface area contributed by atoms with Crippen LogP contribution >= 0.6 is 0 Å². The SMILES string of the molecule is CCCC(NC(=O)[C@@H]1C[C@@H](OCc2ccccc2)CN1C(=O)C(NC(=O)OCC(C)C)C(C)C)C(=O)C(=O)NCC(=O)NC(Cc1ccccc1)C(N)=O. The number of hydrogen-bond acceptors (Lipinski definition) is 9. The lowest BCUT2D eigenvalue weighted by atomic mass is 10.0. The van der Waals surface area contributed by atoms with Gasteiger partial charge >= 0.3 is 6.09 Å². The number of nitrogens with one attached hydrogen (secondary N) is 4. The Morgan fingerprint density at radius 2 is 1.48 bits per heavy atom. The number of amides is 6. The number of rotatable bonds is 20. The van der Waals surface area contributed by atoms with Crippen LogP contribution in [0.3, 0.4) is 0 Å². The second-order valence-electron chi connectivity index (χ2n) is 14.1. The van der Waals surface area contributed by atoms with Crippen LogP contribution in [0, 0.1) is 11.8 Å². The van der Waals surface area contributed by atoms with E-state index in [2.05, 4.69) is 21.3 Å². The molecule has 15 heteroatoms. The Morgan fingerprint density at radius 3 is 2.06 bits per heavy atom. The molecule has 54 heavy (non-hydrogen) atoms. The van der Waals surface area contributed by atoms with Crippen LogP contribution in [-0.2, 0) is 51.3 Å². The van der Waals surface area contributed by atoms with E-state index in [1.807, 2.05) is 44.2 Å². The minimum atomic E-state index is -1.27. The molecule has 3 rings (SSSR count). The average Bonchev–Trinajstić information content (AvgIpc) is 3.58. The Balaban J connectivity index is 1.71. The van der Waals surface area contributed by atoms with E-state index in [9.17, 15) is 33.6 Å². The molecular weight excluding hydrogens is 696 g/mol. The van der Waals surface area contributed by atoms with E-state index in [-0.39, 0.29) is 50.9 Å². The molecule has 2 aromatic carbocycles. The van der Waals surface area contributed by atoms with Gasteiger partial charge in [-0.15, -0.1) is 0 Å². The van der Waals surface area contributed by atoms with Crippen molar-refractivity contribution in [2.24, 2.45) is 17.6 Å². The number of primary amides is 1. The van der Waals surface area contributed by atoms with E-state index in [4.69, 9.17) is 15.2 Å². The third-order valence-electron chi connectivity index (χ3n) is 8.74. The summed E-state index contributed by atoms with van der Waals surface area (Å²) in [5.41, 5.74) is 7.13. The lowest BCUT2D eigenvalue weighted by molar-refractivity contribution is -0.143. The van der Waals surface area contributed by atoms with Gasteiger partial charge in [0.25, 0.3) is 5.91 Å². The van der Waals surface area contributed by atoms with Gasteiger partial charge in [0.15, 0.2) is 0 Å². The smallest absolute Gasteiger partial charge is 0.407 e. The van der Waals surface area contributed by atoms with Gasteiger partial charge in [0, 0.05) is 19.4 Å². The van der Waals surface area contributed by atoms with E-state index in [0.717, 1.165) is 11.1 Å². The Kier molecular flexibility index (Phi) is 17.1. The summed E-state index contributed by atoms with van der Waals surface area (Å²) in [4.78, 5) is 92.8. The zero-order valence-electron chi connectivity index (χ0n) is 31.7. The average molecular weight is 751 g/mol. The maximum atomic E-state index is 14.0. The summed E-state index contributed by atoms with van der Waals surface area (Å²) in [6, 6.07) is 13.9. The van der Waals surface area contributed by atoms with Gasteiger partial charge in [-0.1, -0.05) is 102 Å². The van der Waals surface area contributed by atoms with Crippen molar-refractivity contribution in [1.82, 2.24) is 26.2 Å². The van der Waals surface area contributed by atoms with E-state index in [1.165, 1.54) is 4.90 Å². The van der Waals surface area contributed by atoms with Crippen molar-refractivity contribution in [2.75, 3.05) is 19.7 Å². The summed E-state index contributed by atoms with van der Waals surface area (Å²) < 4.78 is 11.4. The molecule has 1 fully saturated rings. The number of carbonyl (C=O) groups excluding carboxylic acids is 7. The molecule has 1 heterocycles. The van der Waals surface area contributed by atoms with Crippen LogP contribution in [0.4, 0.5) is 4.79 Å². The first-order valence-electron chi connectivity index (χ1n) is 18.3. The predicted octanol–water partition coefficient (Wildman–Crippen LogP) is 1.76. The number of ether oxygens (including phenoxy) is 2. The van der Waals surface area contributed by atoms with Crippen LogP contribution in [0.25, 0.3) is 0 Å². The lowest BCUT2D eigenvalue weighted by Crippen LogP contribution is -2.57. The van der Waals surface area contributed by atoms with Crippen molar-refractivity contribution in [2.45, 2.75) is 97.2 Å². The number of nitrogens with zero attached hydrogens (tertiary/aromatic N) is 1. The zero-order chi connectivity index (χ0) is 39.8. The zero-order valence-corrected chi connectivity index (χ0v) is 31.7. The molecule has 2 aromatic rings. The molecule has 0 spiro atoms. The van der Waals surface area contributed by atoms with Gasteiger partial charge in [0.1, 0.15) is 18.1 Å². The molecule has 0 radical (unpaired) electrons. The first kappa shape index (κ1) is 43.1. The topological polar surface area (TPSA) is 215 Å². The number of benzene rings is 2. The van der Waals surface area contributed by atoms with Gasteiger partial charge in [0.05, 0.1) is 31.9 Å². The van der Waals surface area contributed by atoms with Gasteiger partial charge < -0.3 is 41.4 Å². The monoisotopic (exact) mass is 750 g/mol. The number of ketones is 1. The van der Waals surface area contributed by atoms with Gasteiger partial charge in [-0.2, -0.15) is 0 Å². The number of hydrogen-bond donors (Lipinski definition) is 5. The summed E-state index contributed by atoms with van der Waals surface area (Å²) in [6.07, 6.45) is -0.582. The van der Waals surface area contributed by atoms with Crippen LogP contribution in [0.2, 0.25) is 0 Å². The quantitative estimate of drug-likeness (QED) is 0.125. The highest BCUT2D eigenvalue weighted by Gasteiger charge is 2.44. The third-order valence-corrected chi connectivity index (χ3v) is 8.74. The molecule has 15 nitrogen and oxygen atoms in total. The molecule has 5 atom stereocenters. The highest BCUT2D eigenvalue weighted by atomic mass is 16.5. The maximum absolute atomic E-state index is 14.0. The Hall–Kier alpha value is -5.31. The molecule has 0 saturated carbocycles. The lowest BCUT2D eigenvalue weighted by Gasteiger charge is -2.31. The largest absolute Gasteiger partial charge is 0.449 e. The Morgan fingerprint density at radius 1 is 0.852 bits per heavy atom. The van der Waals surface area contributed by atoms with Crippen LogP contribution in [0.5, 0.6) is 0 Å². The maximum Gasteiger partial charge on any atom is 0.407 e. The van der Waals surface area contributed by atoms with Crippen molar-refractivity contribution in [3.8, 4) is 0 Å². The summed E-state index contributed by atoms with van der Waals surface area (Å²) in [5, 5.41) is 10.0. The number of Topliss-reactive ketones (excluding diaryl/α,β-unsaturated/α-hetero) is 1. The standard InChI is InChI=1S/C39H54N6O9/c1-6-13-29(34(47)37(50)41-20-32(46)42-30(35(40)48)18-26-14-9-7-10-15-26)43-36(49)31-19-28(53-23-27-16-11-8-12-17-27)21-45(31)38(51)33(25(4)5)44-39(52)54-22-24(2)3/h7-12,14-17,24-25,28-31,33H,6,13,18-23H2,1-5H3,(H2,40,48)(H,41,50)(H,42,46)(H,43,49)(H,44,52)/t28-,29?,30?,31+,33?/m1/s1. The van der Waals surface area contributed by atoms with Crippen molar-refractivity contribution in [1.29, 1.82) is 0 Å². The van der Waals surface area contributed by atoms with Gasteiger partial charge in [-0.25, -0.2) is 4.79 Å². The van der Waals surface area contributed by atoms with Crippen LogP contribution < -0.4 is 27.0 Å². The molecule has 6 amide bonds. The summed E-state index contributed by atoms with van der Waals surface area (Å²) >= 11 is 0. The second kappa shape index (κ2) is 21.4. The molecule has 0 bridgehead atoms. The number of nitrogens with two attached hydrogens (primary N) is 1. The molecule has 1 aliphatic heterocycles. The highest BCUT2D eigenvalue weighted by Crippen LogP contribution is 2.25. The summed E-state index contributed by atoms with van der Waals surface area (Å²) in [5.74, 6) is -5.11. The molecule has 3 unspecified atom stereocenters. The molecule has 294 valence electrons. The van der Waals surface area contributed by atoms with Crippen LogP contribution in [0.15, 0.2) is 60.7 Å². The fourth-order valence-electron chi connectivity index (χ4n) is 5.85. The Labute approximate surface area is 316 Å². The normalized spacial score (nSPS) is 16.9. The second-order valence-corrected chi connectivity index (χ2v) is 14.1. The van der Waals surface area contributed by atoms with Gasteiger partial charge in [0.2, 0.25) is 29.4 Å². The van der Waals surface area contributed by atoms with Gasteiger partial charge in [-0.05, 0) is 29.4 Å². The third kappa shape index (κ3) is 13.6. The molecule has 0 aromatic heterocycles. The van der Waals surface area contributed by atoms with E-state index in [0.29, 0.717) is 6.42 Å². The number of likely N-dealkylation sites (tertiary alicyclic amines) is 1. The fraction of sp³-hybridized carbons (Fsp3) is 0.513. The molecule has 1 aliphatic rings.